The molecule has 0 unspecified atom stereocenters. The van der Waals surface area contributed by atoms with Crippen molar-refractivity contribution < 1.29 is 31.1 Å². The molecule has 0 saturated carbocycles. The minimum absolute atomic E-state index is 0.0432. The lowest BCUT2D eigenvalue weighted by Gasteiger charge is -2.13. The molecule has 0 aliphatic carbocycles. The van der Waals surface area contributed by atoms with Crippen molar-refractivity contribution in [1.82, 2.24) is 24.8 Å². The number of hydrogen-bond donors (Lipinski definition) is 2. The highest BCUT2D eigenvalue weighted by Gasteiger charge is 2.30. The molecule has 0 fully saturated rings. The molecule has 38 heavy (non-hydrogen) atoms. The minimum Gasteiger partial charge on any atom is -0.438 e. The number of carbonyl (C=O) groups excluding carboxylic acids is 1. The number of rotatable bonds is 9. The molecule has 1 aromatic carbocycles. The first-order valence-corrected chi connectivity index (χ1v) is 13.3. The van der Waals surface area contributed by atoms with E-state index in [-0.39, 0.29) is 23.2 Å². The maximum absolute atomic E-state index is 13.0. The van der Waals surface area contributed by atoms with Crippen LogP contribution in [0.4, 0.5) is 24.7 Å². The number of anilines is 2. The zero-order valence-corrected chi connectivity index (χ0v) is 21.2. The van der Waals surface area contributed by atoms with E-state index >= 15 is 0 Å². The highest BCUT2D eigenvalue weighted by atomic mass is 35.5. The molecule has 0 aliphatic rings. The molecule has 0 saturated heterocycles. The number of carbonyl (C=O) groups is 1. The molecule has 0 atom stereocenters. The zero-order valence-electron chi connectivity index (χ0n) is 19.7. The number of hydrogen-bond acceptors (Lipinski definition) is 8. The molecule has 0 bridgehead atoms. The number of ether oxygens (including phenoxy) is 1. The van der Waals surface area contributed by atoms with Crippen molar-refractivity contribution in [3.05, 3.63) is 65.7 Å². The summed E-state index contributed by atoms with van der Waals surface area (Å²) in [5.74, 6) is -0.971. The number of benzene rings is 1. The quantitative estimate of drug-likeness (QED) is 0.307. The molecular weight excluding hydrogens is 549 g/mol. The lowest BCUT2D eigenvalue weighted by atomic mass is 10.2. The monoisotopic (exact) mass is 568 g/mol. The molecular formula is C23H20ClF3N6O4S. The van der Waals surface area contributed by atoms with Crippen molar-refractivity contribution >= 4 is 49.9 Å². The molecule has 200 valence electrons. The van der Waals surface area contributed by atoms with Crippen molar-refractivity contribution in [2.75, 3.05) is 23.9 Å². The van der Waals surface area contributed by atoms with Crippen LogP contribution in [0.1, 0.15) is 5.56 Å². The second kappa shape index (κ2) is 10.8. The average Bonchev–Trinajstić information content (AvgIpc) is 3.23. The van der Waals surface area contributed by atoms with Gasteiger partial charge in [0.1, 0.15) is 28.4 Å². The van der Waals surface area contributed by atoms with Gasteiger partial charge in [0.05, 0.1) is 23.0 Å². The normalized spacial score (nSPS) is 11.9. The summed E-state index contributed by atoms with van der Waals surface area (Å²) < 4.78 is 68.6. The van der Waals surface area contributed by atoms with Gasteiger partial charge in [-0.25, -0.2) is 23.4 Å². The Morgan fingerprint density at radius 2 is 1.95 bits per heavy atom. The molecule has 4 rings (SSSR count). The molecule has 1 amide bonds. The zero-order chi connectivity index (χ0) is 27.5. The molecule has 3 aromatic heterocycles. The van der Waals surface area contributed by atoms with E-state index in [1.807, 2.05) is 0 Å². The van der Waals surface area contributed by atoms with Gasteiger partial charge in [-0.15, -0.1) is 0 Å². The summed E-state index contributed by atoms with van der Waals surface area (Å²) in [6.07, 6.45) is 0.925. The van der Waals surface area contributed by atoms with E-state index in [0.717, 1.165) is 18.4 Å². The number of pyridine rings is 1. The largest absolute Gasteiger partial charge is 0.438 e. The third-order valence-corrected chi connectivity index (χ3v) is 6.12. The van der Waals surface area contributed by atoms with Crippen molar-refractivity contribution in [3.63, 3.8) is 0 Å². The molecule has 15 heteroatoms. The SMILES string of the molecule is CS(=O)(=O)CC(=O)NCCn1ccc2ncnc(Nc3cnc(Oc4cccc(C(F)(F)F)c4)c(Cl)c3)c21. The van der Waals surface area contributed by atoms with Crippen LogP contribution in [-0.2, 0) is 27.4 Å². The van der Waals surface area contributed by atoms with Crippen molar-refractivity contribution in [2.45, 2.75) is 12.7 Å². The average molecular weight is 569 g/mol. The number of nitrogens with zero attached hydrogens (tertiary/aromatic N) is 4. The number of aromatic nitrogens is 4. The van der Waals surface area contributed by atoms with E-state index in [1.165, 1.54) is 30.7 Å². The molecule has 3 heterocycles. The summed E-state index contributed by atoms with van der Waals surface area (Å²) in [5, 5.41) is 5.67. The van der Waals surface area contributed by atoms with Gasteiger partial charge in [0.2, 0.25) is 11.8 Å². The summed E-state index contributed by atoms with van der Waals surface area (Å²) in [6, 6.07) is 7.57. The van der Waals surface area contributed by atoms with E-state index in [2.05, 4.69) is 25.6 Å². The van der Waals surface area contributed by atoms with Crippen LogP contribution in [0.25, 0.3) is 11.0 Å². The third-order valence-electron chi connectivity index (χ3n) is 5.06. The number of fused-ring (bicyclic) bond motifs is 1. The van der Waals surface area contributed by atoms with Crippen LogP contribution in [0.5, 0.6) is 11.6 Å². The van der Waals surface area contributed by atoms with Gasteiger partial charge in [-0.1, -0.05) is 17.7 Å². The minimum atomic E-state index is -4.52. The predicted molar refractivity (Wildman–Crippen MR) is 134 cm³/mol. The van der Waals surface area contributed by atoms with Crippen LogP contribution < -0.4 is 15.4 Å². The maximum atomic E-state index is 13.0. The van der Waals surface area contributed by atoms with Crippen molar-refractivity contribution in [3.8, 4) is 11.6 Å². The molecule has 10 nitrogen and oxygen atoms in total. The van der Waals surface area contributed by atoms with Gasteiger partial charge < -0.3 is 19.9 Å². The maximum Gasteiger partial charge on any atom is 0.416 e. The topological polar surface area (TPSA) is 128 Å². The van der Waals surface area contributed by atoms with E-state index in [1.54, 1.807) is 16.8 Å². The fraction of sp³-hybridized carbons (Fsp3) is 0.217. The Bertz CT molecular complexity index is 1590. The number of amides is 1. The fourth-order valence-corrected chi connectivity index (χ4v) is 4.25. The van der Waals surface area contributed by atoms with Gasteiger partial charge in [0, 0.05) is 25.5 Å². The smallest absolute Gasteiger partial charge is 0.416 e. The van der Waals surface area contributed by atoms with Gasteiger partial charge in [-0.05, 0) is 30.3 Å². The van der Waals surface area contributed by atoms with Gasteiger partial charge in [0.25, 0.3) is 0 Å². The second-order valence-electron chi connectivity index (χ2n) is 8.15. The van der Waals surface area contributed by atoms with Crippen molar-refractivity contribution in [2.24, 2.45) is 0 Å². The van der Waals surface area contributed by atoms with Crippen LogP contribution in [0, 0.1) is 0 Å². The molecule has 0 radical (unpaired) electrons. The van der Waals surface area contributed by atoms with Gasteiger partial charge in [0.15, 0.2) is 15.7 Å². The fourth-order valence-electron chi connectivity index (χ4n) is 3.47. The third kappa shape index (κ3) is 6.89. The number of halogens is 4. The number of nitrogens with one attached hydrogen (secondary N) is 2. The first-order valence-electron chi connectivity index (χ1n) is 10.9. The second-order valence-corrected chi connectivity index (χ2v) is 10.7. The Morgan fingerprint density at radius 1 is 1.16 bits per heavy atom. The summed E-state index contributed by atoms with van der Waals surface area (Å²) in [6.45, 7) is 0.477. The number of sulfone groups is 1. The van der Waals surface area contributed by atoms with E-state index < -0.39 is 33.2 Å². The van der Waals surface area contributed by atoms with Crippen LogP contribution in [0.15, 0.2) is 55.1 Å². The highest BCUT2D eigenvalue weighted by molar-refractivity contribution is 7.91. The van der Waals surface area contributed by atoms with Crippen LogP contribution >= 0.6 is 11.6 Å². The van der Waals surface area contributed by atoms with Gasteiger partial charge in [-0.2, -0.15) is 13.2 Å². The Kier molecular flexibility index (Phi) is 7.73. The predicted octanol–water partition coefficient (Wildman–Crippen LogP) is 4.20. The van der Waals surface area contributed by atoms with Crippen molar-refractivity contribution in [1.29, 1.82) is 0 Å². The van der Waals surface area contributed by atoms with E-state index in [9.17, 15) is 26.4 Å². The lowest BCUT2D eigenvalue weighted by Crippen LogP contribution is -2.32. The Hall–Kier alpha value is -3.91. The Morgan fingerprint density at radius 3 is 2.66 bits per heavy atom. The van der Waals surface area contributed by atoms with Crippen LogP contribution in [-0.4, -0.2) is 52.4 Å². The first-order chi connectivity index (χ1) is 17.9. The summed E-state index contributed by atoms with van der Waals surface area (Å²) >= 11 is 6.28. The highest BCUT2D eigenvalue weighted by Crippen LogP contribution is 2.35. The van der Waals surface area contributed by atoms with Crippen LogP contribution in [0.3, 0.4) is 0 Å². The van der Waals surface area contributed by atoms with E-state index in [4.69, 9.17) is 16.3 Å². The van der Waals surface area contributed by atoms with E-state index in [0.29, 0.717) is 29.1 Å². The lowest BCUT2D eigenvalue weighted by molar-refractivity contribution is -0.137. The molecule has 4 aromatic rings. The summed E-state index contributed by atoms with van der Waals surface area (Å²) in [5.41, 5.74) is 0.759. The molecule has 0 spiro atoms. The first kappa shape index (κ1) is 27.1. The Labute approximate surface area is 219 Å². The summed E-state index contributed by atoms with van der Waals surface area (Å²) in [7, 11) is -3.44. The van der Waals surface area contributed by atoms with Crippen LogP contribution in [0.2, 0.25) is 5.02 Å². The van der Waals surface area contributed by atoms with Gasteiger partial charge >= 0.3 is 6.18 Å². The molecule has 0 aliphatic heterocycles. The standard InChI is InChI=1S/C23H20ClF3N6O4S/c1-38(35,36)12-19(34)28-6-8-33-7-5-18-20(33)21(31-13-30-18)32-15-10-17(24)22(29-11-15)37-16-4-2-3-14(9-16)23(25,26)27/h2-5,7,9-11,13H,6,8,12H2,1H3,(H,28,34)(H,30,31,32). The Balaban J connectivity index is 1.49. The summed E-state index contributed by atoms with van der Waals surface area (Å²) in [4.78, 5) is 24.4. The molecule has 2 N–H and O–H groups in total. The van der Waals surface area contributed by atoms with Gasteiger partial charge in [-0.3, -0.25) is 4.79 Å². The number of alkyl halides is 3.